The lowest BCUT2D eigenvalue weighted by molar-refractivity contribution is 0.340. The number of aromatic nitrogens is 1. The van der Waals surface area contributed by atoms with Gasteiger partial charge in [-0.2, -0.15) is 0 Å². The maximum absolute atomic E-state index is 6.23. The van der Waals surface area contributed by atoms with Gasteiger partial charge < -0.3 is 10.5 Å². The summed E-state index contributed by atoms with van der Waals surface area (Å²) in [5.41, 5.74) is 9.29. The summed E-state index contributed by atoms with van der Waals surface area (Å²) in [6.07, 6.45) is 1.79. The normalized spacial score (nSPS) is 12.2. The molecule has 0 aliphatic heterocycles. The molecule has 1 atom stereocenters. The van der Waals surface area contributed by atoms with E-state index in [2.05, 4.69) is 4.98 Å². The lowest BCUT2D eigenvalue weighted by Crippen LogP contribution is -2.13. The number of nitrogens with zero attached hydrogens (tertiary/aromatic N) is 1. The quantitative estimate of drug-likeness (QED) is 0.896. The van der Waals surface area contributed by atoms with Crippen molar-refractivity contribution in [2.45, 2.75) is 19.9 Å². The molecule has 1 heterocycles. The van der Waals surface area contributed by atoms with E-state index in [1.807, 2.05) is 50.2 Å². The third-order valence-electron chi connectivity index (χ3n) is 2.78. The van der Waals surface area contributed by atoms with Crippen molar-refractivity contribution in [3.8, 4) is 5.75 Å². The molecular weight excluding hydrogens is 224 g/mol. The Balaban J connectivity index is 2.27. The lowest BCUT2D eigenvalue weighted by Gasteiger charge is -2.13. The van der Waals surface area contributed by atoms with Gasteiger partial charge in [-0.1, -0.05) is 12.1 Å². The van der Waals surface area contributed by atoms with Crippen LogP contribution >= 0.6 is 0 Å². The van der Waals surface area contributed by atoms with Crippen molar-refractivity contribution in [1.82, 2.24) is 4.98 Å². The SMILES string of the molecule is CCOc1cccc(C(N)c2cc(C)ccn2)c1. The molecular formula is C15H18N2O. The van der Waals surface area contributed by atoms with Gasteiger partial charge in [0.05, 0.1) is 18.3 Å². The van der Waals surface area contributed by atoms with Gasteiger partial charge in [-0.05, 0) is 49.2 Å². The Morgan fingerprint density at radius 1 is 1.28 bits per heavy atom. The monoisotopic (exact) mass is 242 g/mol. The minimum Gasteiger partial charge on any atom is -0.494 e. The first-order valence-corrected chi connectivity index (χ1v) is 6.11. The molecule has 0 fully saturated rings. The maximum atomic E-state index is 6.23. The van der Waals surface area contributed by atoms with Crippen LogP contribution in [0.3, 0.4) is 0 Å². The Kier molecular flexibility index (Phi) is 3.95. The molecule has 1 aromatic carbocycles. The molecule has 1 aromatic heterocycles. The van der Waals surface area contributed by atoms with Crippen LogP contribution in [0.5, 0.6) is 5.75 Å². The molecule has 94 valence electrons. The highest BCUT2D eigenvalue weighted by atomic mass is 16.5. The van der Waals surface area contributed by atoms with E-state index < -0.39 is 0 Å². The van der Waals surface area contributed by atoms with E-state index in [0.29, 0.717) is 6.61 Å². The first-order valence-electron chi connectivity index (χ1n) is 6.11. The number of benzene rings is 1. The molecule has 0 saturated heterocycles. The second-order valence-electron chi connectivity index (χ2n) is 4.24. The minimum absolute atomic E-state index is 0.217. The van der Waals surface area contributed by atoms with E-state index in [4.69, 9.17) is 10.5 Å². The molecule has 2 N–H and O–H groups in total. The van der Waals surface area contributed by atoms with Crippen molar-refractivity contribution >= 4 is 0 Å². The van der Waals surface area contributed by atoms with E-state index in [1.54, 1.807) is 6.20 Å². The van der Waals surface area contributed by atoms with Gasteiger partial charge in [-0.25, -0.2) is 0 Å². The van der Waals surface area contributed by atoms with Crippen LogP contribution in [0, 0.1) is 6.92 Å². The van der Waals surface area contributed by atoms with E-state index in [0.717, 1.165) is 22.6 Å². The Labute approximate surface area is 108 Å². The summed E-state index contributed by atoms with van der Waals surface area (Å²) in [7, 11) is 0. The van der Waals surface area contributed by atoms with Crippen LogP contribution < -0.4 is 10.5 Å². The van der Waals surface area contributed by atoms with Crippen LogP contribution in [0.2, 0.25) is 0 Å². The van der Waals surface area contributed by atoms with Gasteiger partial charge in [0.2, 0.25) is 0 Å². The molecule has 2 aromatic rings. The number of pyridine rings is 1. The van der Waals surface area contributed by atoms with Crippen LogP contribution in [-0.4, -0.2) is 11.6 Å². The second-order valence-corrected chi connectivity index (χ2v) is 4.24. The molecule has 0 spiro atoms. The third kappa shape index (κ3) is 2.87. The highest BCUT2D eigenvalue weighted by Crippen LogP contribution is 2.22. The Morgan fingerprint density at radius 2 is 2.11 bits per heavy atom. The minimum atomic E-state index is -0.217. The zero-order chi connectivity index (χ0) is 13.0. The van der Waals surface area contributed by atoms with Crippen molar-refractivity contribution in [3.63, 3.8) is 0 Å². The second kappa shape index (κ2) is 5.65. The summed E-state index contributed by atoms with van der Waals surface area (Å²) in [6, 6.07) is 11.6. The molecule has 0 bridgehead atoms. The average molecular weight is 242 g/mol. The first-order chi connectivity index (χ1) is 8.70. The number of ether oxygens (including phenoxy) is 1. The Hall–Kier alpha value is -1.87. The topological polar surface area (TPSA) is 48.1 Å². The predicted molar refractivity (Wildman–Crippen MR) is 72.6 cm³/mol. The van der Waals surface area contributed by atoms with E-state index in [-0.39, 0.29) is 6.04 Å². The Morgan fingerprint density at radius 3 is 2.83 bits per heavy atom. The molecule has 3 nitrogen and oxygen atoms in total. The molecule has 0 radical (unpaired) electrons. The van der Waals surface area contributed by atoms with E-state index >= 15 is 0 Å². The maximum Gasteiger partial charge on any atom is 0.119 e. The summed E-state index contributed by atoms with van der Waals surface area (Å²) in [5.74, 6) is 0.845. The van der Waals surface area contributed by atoms with Gasteiger partial charge in [0.25, 0.3) is 0 Å². The fourth-order valence-corrected chi connectivity index (χ4v) is 1.86. The predicted octanol–water partition coefficient (Wildman–Crippen LogP) is 2.84. The van der Waals surface area contributed by atoms with Crippen molar-refractivity contribution in [2.75, 3.05) is 6.61 Å². The molecule has 0 aliphatic carbocycles. The summed E-state index contributed by atoms with van der Waals surface area (Å²) in [6.45, 7) is 4.66. The number of hydrogen-bond donors (Lipinski definition) is 1. The van der Waals surface area contributed by atoms with Crippen molar-refractivity contribution < 1.29 is 4.74 Å². The van der Waals surface area contributed by atoms with Crippen LogP contribution in [0.25, 0.3) is 0 Å². The van der Waals surface area contributed by atoms with Gasteiger partial charge in [-0.3, -0.25) is 4.98 Å². The van der Waals surface area contributed by atoms with Gasteiger partial charge in [-0.15, -0.1) is 0 Å². The van der Waals surface area contributed by atoms with Crippen molar-refractivity contribution in [1.29, 1.82) is 0 Å². The van der Waals surface area contributed by atoms with Crippen molar-refractivity contribution in [2.24, 2.45) is 5.73 Å². The van der Waals surface area contributed by atoms with Gasteiger partial charge >= 0.3 is 0 Å². The average Bonchev–Trinajstić information content (AvgIpc) is 2.39. The fraction of sp³-hybridized carbons (Fsp3) is 0.267. The van der Waals surface area contributed by atoms with Gasteiger partial charge in [0.15, 0.2) is 0 Å². The highest BCUT2D eigenvalue weighted by molar-refractivity contribution is 5.35. The van der Waals surface area contributed by atoms with Crippen molar-refractivity contribution in [3.05, 3.63) is 59.4 Å². The molecule has 18 heavy (non-hydrogen) atoms. The first kappa shape index (κ1) is 12.6. The van der Waals surface area contributed by atoms with E-state index in [9.17, 15) is 0 Å². The summed E-state index contributed by atoms with van der Waals surface area (Å²) >= 11 is 0. The van der Waals surface area contributed by atoms with E-state index in [1.165, 1.54) is 0 Å². The van der Waals surface area contributed by atoms with Gasteiger partial charge in [0.1, 0.15) is 5.75 Å². The molecule has 1 unspecified atom stereocenters. The van der Waals surface area contributed by atoms with Crippen LogP contribution in [0.15, 0.2) is 42.6 Å². The standard InChI is InChI=1S/C15H18N2O/c1-3-18-13-6-4-5-12(10-13)15(16)14-9-11(2)7-8-17-14/h4-10,15H,3,16H2,1-2H3. The lowest BCUT2D eigenvalue weighted by atomic mass is 10.0. The number of hydrogen-bond acceptors (Lipinski definition) is 3. The number of nitrogens with two attached hydrogens (primary N) is 1. The molecule has 2 rings (SSSR count). The highest BCUT2D eigenvalue weighted by Gasteiger charge is 2.11. The third-order valence-corrected chi connectivity index (χ3v) is 2.78. The molecule has 0 saturated carbocycles. The molecule has 0 aliphatic rings. The van der Waals surface area contributed by atoms with Crippen LogP contribution in [0.1, 0.15) is 29.8 Å². The largest absolute Gasteiger partial charge is 0.494 e. The zero-order valence-electron chi connectivity index (χ0n) is 10.8. The number of rotatable bonds is 4. The smallest absolute Gasteiger partial charge is 0.119 e. The number of aryl methyl sites for hydroxylation is 1. The zero-order valence-corrected chi connectivity index (χ0v) is 10.8. The summed E-state index contributed by atoms with van der Waals surface area (Å²) in [4.78, 5) is 4.33. The van der Waals surface area contributed by atoms with Gasteiger partial charge in [0, 0.05) is 6.20 Å². The molecule has 3 heteroatoms. The summed E-state index contributed by atoms with van der Waals surface area (Å²) in [5, 5.41) is 0. The van der Waals surface area contributed by atoms with Crippen LogP contribution in [0.4, 0.5) is 0 Å². The fourth-order valence-electron chi connectivity index (χ4n) is 1.86. The summed E-state index contributed by atoms with van der Waals surface area (Å²) < 4.78 is 5.48. The van der Waals surface area contributed by atoms with Crippen LogP contribution in [-0.2, 0) is 0 Å². The molecule has 0 amide bonds. The Bertz CT molecular complexity index is 525.